The van der Waals surface area contributed by atoms with Crippen molar-refractivity contribution in [3.63, 3.8) is 0 Å². The van der Waals surface area contributed by atoms with Gasteiger partial charge in [-0.15, -0.1) is 0 Å². The molecule has 1 aliphatic heterocycles. The summed E-state index contributed by atoms with van der Waals surface area (Å²) >= 11 is 0. The average Bonchev–Trinajstić information content (AvgIpc) is 2.71. The molecule has 0 bridgehead atoms. The summed E-state index contributed by atoms with van der Waals surface area (Å²) in [6, 6.07) is 2.84. The zero-order valence-electron chi connectivity index (χ0n) is 11.8. The van der Waals surface area contributed by atoms with Gasteiger partial charge in [0.25, 0.3) is 5.69 Å². The van der Waals surface area contributed by atoms with Crippen LogP contribution in [0.25, 0.3) is 0 Å². The molecule has 1 aromatic carbocycles. The molecule has 2 amide bonds. The molecule has 0 N–H and O–H groups in total. The topological polar surface area (TPSA) is 80.5 Å². The number of hydrogen-bond acceptors (Lipinski definition) is 4. The van der Waals surface area contributed by atoms with Crippen molar-refractivity contribution in [1.29, 1.82) is 0 Å². The van der Waals surface area contributed by atoms with Crippen molar-refractivity contribution in [3.8, 4) is 0 Å². The van der Waals surface area contributed by atoms with Gasteiger partial charge in [0.2, 0.25) is 11.8 Å². The van der Waals surface area contributed by atoms with Crippen LogP contribution >= 0.6 is 0 Å². The molecule has 1 aromatic rings. The molecule has 2 aliphatic rings. The second-order valence-electron chi connectivity index (χ2n) is 5.61. The van der Waals surface area contributed by atoms with Gasteiger partial charge in [-0.2, -0.15) is 0 Å². The molecule has 6 nitrogen and oxygen atoms in total. The number of nitro groups is 1. The molecule has 0 radical (unpaired) electrons. The molecule has 1 fully saturated rings. The van der Waals surface area contributed by atoms with Crippen LogP contribution in [-0.2, 0) is 9.59 Å². The molecule has 7 heteroatoms. The number of halogens is 1. The molecule has 0 unspecified atom stereocenters. The van der Waals surface area contributed by atoms with Crippen molar-refractivity contribution >= 4 is 23.2 Å². The van der Waals surface area contributed by atoms with Gasteiger partial charge in [-0.25, -0.2) is 9.29 Å². The van der Waals surface area contributed by atoms with E-state index in [9.17, 15) is 24.1 Å². The van der Waals surface area contributed by atoms with Gasteiger partial charge in [-0.1, -0.05) is 11.6 Å². The third-order valence-electron chi connectivity index (χ3n) is 4.20. The molecule has 0 saturated carbocycles. The molecule has 1 saturated heterocycles. The Morgan fingerprint density at radius 1 is 1.27 bits per heavy atom. The molecule has 1 aliphatic carbocycles. The summed E-state index contributed by atoms with van der Waals surface area (Å²) < 4.78 is 14.0. The number of benzene rings is 1. The Hall–Kier alpha value is -2.57. The van der Waals surface area contributed by atoms with Crippen LogP contribution in [0.15, 0.2) is 29.8 Å². The van der Waals surface area contributed by atoms with E-state index in [0.29, 0.717) is 12.8 Å². The molecule has 1 heterocycles. The number of allylic oxidation sites excluding steroid dienone is 2. The predicted octanol–water partition coefficient (Wildman–Crippen LogP) is 2.58. The van der Waals surface area contributed by atoms with Gasteiger partial charge >= 0.3 is 0 Å². The summed E-state index contributed by atoms with van der Waals surface area (Å²) in [6.07, 6.45) is 2.80. The van der Waals surface area contributed by atoms with Crippen molar-refractivity contribution in [2.75, 3.05) is 4.90 Å². The fourth-order valence-electron chi connectivity index (χ4n) is 3.06. The lowest BCUT2D eigenvalue weighted by Crippen LogP contribution is -2.31. The third kappa shape index (κ3) is 2.09. The number of anilines is 1. The van der Waals surface area contributed by atoms with Crippen LogP contribution in [-0.4, -0.2) is 16.7 Å². The minimum Gasteiger partial charge on any atom is -0.274 e. The predicted molar refractivity (Wildman–Crippen MR) is 75.5 cm³/mol. The molecule has 114 valence electrons. The molecular formula is C15H13FN2O4. The van der Waals surface area contributed by atoms with Crippen LogP contribution in [0.3, 0.4) is 0 Å². The van der Waals surface area contributed by atoms with Gasteiger partial charge in [0.05, 0.1) is 22.4 Å². The largest absolute Gasteiger partial charge is 0.274 e. The summed E-state index contributed by atoms with van der Waals surface area (Å²) in [5.74, 6) is -2.80. The Bertz CT molecular complexity index is 728. The van der Waals surface area contributed by atoms with Crippen molar-refractivity contribution in [2.45, 2.75) is 19.8 Å². The van der Waals surface area contributed by atoms with E-state index in [1.54, 1.807) is 0 Å². The number of rotatable bonds is 2. The highest BCUT2D eigenvalue weighted by Crippen LogP contribution is 2.40. The number of carbonyl (C=O) groups is 2. The Balaban J connectivity index is 2.03. The summed E-state index contributed by atoms with van der Waals surface area (Å²) in [5, 5.41) is 10.8. The number of non-ortho nitro benzene ring substituents is 1. The van der Waals surface area contributed by atoms with E-state index in [4.69, 9.17) is 0 Å². The van der Waals surface area contributed by atoms with Crippen LogP contribution in [0.1, 0.15) is 19.8 Å². The third-order valence-corrected chi connectivity index (χ3v) is 4.20. The highest BCUT2D eigenvalue weighted by Gasteiger charge is 2.49. The van der Waals surface area contributed by atoms with Gasteiger partial charge in [0, 0.05) is 12.1 Å². The fourth-order valence-corrected chi connectivity index (χ4v) is 3.06. The highest BCUT2D eigenvalue weighted by atomic mass is 19.1. The van der Waals surface area contributed by atoms with Crippen LogP contribution in [0, 0.1) is 27.8 Å². The van der Waals surface area contributed by atoms with Crippen LogP contribution in [0.4, 0.5) is 15.8 Å². The number of fused-ring (bicyclic) bond motifs is 1. The quantitative estimate of drug-likeness (QED) is 0.364. The van der Waals surface area contributed by atoms with Gasteiger partial charge in [-0.3, -0.25) is 19.7 Å². The number of imide groups is 1. The van der Waals surface area contributed by atoms with Crippen molar-refractivity contribution in [1.82, 2.24) is 0 Å². The van der Waals surface area contributed by atoms with E-state index in [-0.39, 0.29) is 11.4 Å². The standard InChI is InChI=1S/C15H13FN2O4/c1-8-2-4-10-11(6-8)15(20)17(14(10)19)13-7-9(18(21)22)3-5-12(13)16/h2-3,5,7,10-11H,4,6H2,1H3/t10-,11-/m1/s1. The molecule has 0 spiro atoms. The number of carbonyl (C=O) groups excluding carboxylic acids is 2. The molecule has 22 heavy (non-hydrogen) atoms. The van der Waals surface area contributed by atoms with Crippen molar-refractivity contribution in [3.05, 3.63) is 45.8 Å². The zero-order valence-corrected chi connectivity index (χ0v) is 11.8. The Morgan fingerprint density at radius 2 is 1.95 bits per heavy atom. The normalized spacial score (nSPS) is 24.3. The first kappa shape index (κ1) is 14.4. The second kappa shape index (κ2) is 5.01. The number of hydrogen-bond donors (Lipinski definition) is 0. The molecular weight excluding hydrogens is 291 g/mol. The van der Waals surface area contributed by atoms with Gasteiger partial charge in [0.15, 0.2) is 0 Å². The van der Waals surface area contributed by atoms with Crippen LogP contribution < -0.4 is 4.90 Å². The Kier molecular flexibility index (Phi) is 3.27. The lowest BCUT2D eigenvalue weighted by atomic mass is 9.82. The van der Waals surface area contributed by atoms with E-state index in [2.05, 4.69) is 0 Å². The number of nitro benzene ring substituents is 1. The Morgan fingerprint density at radius 3 is 2.64 bits per heavy atom. The van der Waals surface area contributed by atoms with E-state index in [0.717, 1.165) is 28.7 Å². The molecule has 0 aromatic heterocycles. The lowest BCUT2D eigenvalue weighted by Gasteiger charge is -2.18. The van der Waals surface area contributed by atoms with Gasteiger partial charge in [0.1, 0.15) is 5.82 Å². The number of nitrogens with zero attached hydrogens (tertiary/aromatic N) is 2. The monoisotopic (exact) mass is 304 g/mol. The van der Waals surface area contributed by atoms with E-state index in [1.807, 2.05) is 13.0 Å². The summed E-state index contributed by atoms with van der Waals surface area (Å²) in [7, 11) is 0. The second-order valence-corrected chi connectivity index (χ2v) is 5.61. The van der Waals surface area contributed by atoms with Crippen LogP contribution in [0.5, 0.6) is 0 Å². The van der Waals surface area contributed by atoms with Crippen LogP contribution in [0.2, 0.25) is 0 Å². The molecule has 3 rings (SSSR count). The fraction of sp³-hybridized carbons (Fsp3) is 0.333. The van der Waals surface area contributed by atoms with E-state index >= 15 is 0 Å². The van der Waals surface area contributed by atoms with Crippen molar-refractivity contribution < 1.29 is 18.9 Å². The summed E-state index contributed by atoms with van der Waals surface area (Å²) in [5.41, 5.74) is 0.321. The average molecular weight is 304 g/mol. The maximum Gasteiger partial charge on any atom is 0.271 e. The first-order valence-electron chi connectivity index (χ1n) is 6.87. The van der Waals surface area contributed by atoms with E-state index < -0.39 is 34.4 Å². The summed E-state index contributed by atoms with van der Waals surface area (Å²) in [6.45, 7) is 1.88. The Labute approximate surface area is 125 Å². The highest BCUT2D eigenvalue weighted by molar-refractivity contribution is 6.22. The SMILES string of the molecule is CC1=CC[C@H]2C(=O)N(c3cc([N+](=O)[O-])ccc3F)C(=O)[C@@H]2C1. The minimum atomic E-state index is -0.823. The van der Waals surface area contributed by atoms with Gasteiger partial charge in [-0.05, 0) is 25.8 Å². The maximum atomic E-state index is 14.0. The maximum absolute atomic E-state index is 14.0. The zero-order chi connectivity index (χ0) is 16.0. The first-order valence-corrected chi connectivity index (χ1v) is 6.87. The minimum absolute atomic E-state index is 0.337. The first-order chi connectivity index (χ1) is 10.4. The summed E-state index contributed by atoms with van der Waals surface area (Å²) in [4.78, 5) is 35.8. The van der Waals surface area contributed by atoms with E-state index in [1.165, 1.54) is 0 Å². The lowest BCUT2D eigenvalue weighted by molar-refractivity contribution is -0.384. The van der Waals surface area contributed by atoms with Gasteiger partial charge < -0.3 is 0 Å². The van der Waals surface area contributed by atoms with Crippen molar-refractivity contribution in [2.24, 2.45) is 11.8 Å². The smallest absolute Gasteiger partial charge is 0.271 e. The molecule has 2 atom stereocenters. The number of amides is 2.